The minimum Gasteiger partial charge on any atom is -0.368 e. The molecule has 0 atom stereocenters. The Hall–Kier alpha value is -16.9. The van der Waals surface area contributed by atoms with Gasteiger partial charge in [0.2, 0.25) is 11.9 Å². The lowest BCUT2D eigenvalue weighted by Gasteiger charge is -2.13. The summed E-state index contributed by atoms with van der Waals surface area (Å²) in [5, 5.41) is 0. The van der Waals surface area contributed by atoms with Crippen molar-refractivity contribution < 1.29 is 0 Å². The number of benzene rings is 14. The predicted molar refractivity (Wildman–Crippen MR) is 523 cm³/mol. The number of hydrogen-bond donors (Lipinski definition) is 2. The van der Waals surface area contributed by atoms with Gasteiger partial charge in [0.05, 0.1) is 28.5 Å². The standard InChI is InChI=1S/C40H29N3.2C18H15N.C17H14N2.C16H13N3.C4H7N5/c1-28-41-39(37-24-33(29-14-6-2-7-15-29)22-34(25-37)30-16-8-3-9-17-30)43-40(42-28)38-26-35(31-18-10-4-11-19-31)23-36(27-38)32-20-12-5-13-21-32;1-14-12-17(15-8-4-2-5-9-15)13-18(19-14)16-10-6-3-7-11-16;1-14-12-17(15-8-4-2-5-9-15)19-18(13-14)16-10-6-3-7-11-16;1-13-18-16(14-8-4-2-5-9-14)12-17(19-13)15-10-6-3-7-11-15;1-12-17-15(13-8-4-2-5-9-13)19-16(18-12)14-10-6-3-7-11-14;1-2-7-3(5)9-4(6)8-2/h2-27H,1H3;2*2-13H,1H3;2-12H,1H3;2-11H,1H3;1H3,(H4,5,6,7,8,9). The molecule has 0 amide bonds. The molecule has 0 unspecified atom stereocenters. The molecule has 14 aromatic carbocycles. The lowest BCUT2D eigenvalue weighted by atomic mass is 9.95. The number of aryl methyl sites for hydroxylation is 6. The molecule has 620 valence electrons. The second kappa shape index (κ2) is 42.7. The molecule has 0 bridgehead atoms. The molecule has 15 nitrogen and oxygen atoms in total. The van der Waals surface area contributed by atoms with Crippen molar-refractivity contribution in [1.29, 1.82) is 0 Å². The molecule has 0 aliphatic rings. The number of nitrogens with zero attached hydrogens (tertiary/aromatic N) is 13. The Morgan fingerprint density at radius 2 is 0.344 bits per heavy atom. The molecule has 0 aliphatic heterocycles. The van der Waals surface area contributed by atoms with Gasteiger partial charge in [0.25, 0.3) is 0 Å². The van der Waals surface area contributed by atoms with Gasteiger partial charge in [-0.2, -0.15) is 15.0 Å². The van der Waals surface area contributed by atoms with Crippen LogP contribution in [0, 0.1) is 41.5 Å². The topological polar surface area (TPSA) is 220 Å². The van der Waals surface area contributed by atoms with Crippen molar-refractivity contribution in [3.8, 4) is 157 Å². The Morgan fingerprint density at radius 3 is 0.609 bits per heavy atom. The number of pyridine rings is 2. The van der Waals surface area contributed by atoms with Gasteiger partial charge in [-0.1, -0.05) is 364 Å². The normalized spacial score (nSPS) is 10.5. The highest BCUT2D eigenvalue weighted by atomic mass is 15.1. The zero-order chi connectivity index (χ0) is 88.2. The van der Waals surface area contributed by atoms with E-state index in [0.29, 0.717) is 34.9 Å². The summed E-state index contributed by atoms with van der Waals surface area (Å²) < 4.78 is 0. The Morgan fingerprint density at radius 1 is 0.141 bits per heavy atom. The Labute approximate surface area is 747 Å². The van der Waals surface area contributed by atoms with E-state index in [9.17, 15) is 0 Å². The number of nitrogen functional groups attached to an aromatic ring is 2. The van der Waals surface area contributed by atoms with Gasteiger partial charge in [0.1, 0.15) is 23.3 Å². The van der Waals surface area contributed by atoms with Gasteiger partial charge < -0.3 is 11.5 Å². The molecule has 4 N–H and O–H groups in total. The van der Waals surface area contributed by atoms with Gasteiger partial charge in [0.15, 0.2) is 23.3 Å². The molecular formula is C113H93N15. The lowest BCUT2D eigenvalue weighted by molar-refractivity contribution is 0.991. The van der Waals surface area contributed by atoms with E-state index >= 15 is 0 Å². The van der Waals surface area contributed by atoms with E-state index < -0.39 is 0 Å². The SMILES string of the molecule is Cc1cc(-c2ccccc2)cc(-c2ccccc2)n1.Cc1cc(-c2ccccc2)nc(-c2ccccc2)c1.Cc1nc(-c2cc(-c3ccccc3)cc(-c3ccccc3)c2)nc(-c2cc(-c3ccccc3)cc(-c3ccccc3)c2)n1.Cc1nc(-c2ccccc2)cc(-c2ccccc2)n1.Cc1nc(-c2ccccc2)nc(-c2ccccc2)n1.Cc1nc(N)nc(N)n1. The summed E-state index contributed by atoms with van der Waals surface area (Å²) in [6.45, 7) is 11.6. The van der Waals surface area contributed by atoms with Gasteiger partial charge >= 0.3 is 0 Å². The van der Waals surface area contributed by atoms with Crippen LogP contribution >= 0.6 is 0 Å². The van der Waals surface area contributed by atoms with E-state index in [2.05, 4.69) is 294 Å². The average Bonchev–Trinajstić information content (AvgIpc) is 0.780. The van der Waals surface area contributed by atoms with Crippen LogP contribution in [0.15, 0.2) is 431 Å². The van der Waals surface area contributed by atoms with E-state index in [-0.39, 0.29) is 11.9 Å². The fourth-order valence-corrected chi connectivity index (χ4v) is 14.4. The largest absolute Gasteiger partial charge is 0.368 e. The van der Waals surface area contributed by atoms with Gasteiger partial charge in [-0.05, 0) is 169 Å². The van der Waals surface area contributed by atoms with Crippen LogP contribution in [0.25, 0.3) is 157 Å². The minimum absolute atomic E-state index is 0.167. The molecule has 15 heteroatoms. The van der Waals surface area contributed by atoms with Crippen molar-refractivity contribution in [1.82, 2.24) is 64.8 Å². The Balaban J connectivity index is 0.000000126. The molecule has 0 spiro atoms. The fraction of sp³-hybridized carbons (Fsp3) is 0.0531. The molecule has 128 heavy (non-hydrogen) atoms. The summed E-state index contributed by atoms with van der Waals surface area (Å²) in [5.74, 6) is 5.82. The van der Waals surface area contributed by atoms with Crippen LogP contribution in [0.3, 0.4) is 0 Å². The van der Waals surface area contributed by atoms with Crippen LogP contribution in [0.1, 0.15) is 34.6 Å². The number of hydrogen-bond acceptors (Lipinski definition) is 15. The first kappa shape index (κ1) is 86.0. The average molecular weight is 1660 g/mol. The molecule has 6 aromatic heterocycles. The first-order chi connectivity index (χ1) is 62.7. The van der Waals surface area contributed by atoms with Crippen molar-refractivity contribution in [2.24, 2.45) is 0 Å². The third kappa shape index (κ3) is 23.9. The smallest absolute Gasteiger partial charge is 0.225 e. The molecule has 0 radical (unpaired) electrons. The quantitative estimate of drug-likeness (QED) is 0.103. The molecule has 6 heterocycles. The highest BCUT2D eigenvalue weighted by Crippen LogP contribution is 2.37. The molecule has 20 aromatic rings. The highest BCUT2D eigenvalue weighted by molar-refractivity contribution is 5.83. The first-order valence-electron chi connectivity index (χ1n) is 42.2. The van der Waals surface area contributed by atoms with Crippen molar-refractivity contribution in [3.05, 3.63) is 465 Å². The van der Waals surface area contributed by atoms with Crippen LogP contribution < -0.4 is 11.5 Å². The summed E-state index contributed by atoms with van der Waals surface area (Å²) in [7, 11) is 0. The monoisotopic (exact) mass is 1660 g/mol. The van der Waals surface area contributed by atoms with Crippen molar-refractivity contribution >= 4 is 11.9 Å². The molecular weight excluding hydrogens is 1570 g/mol. The van der Waals surface area contributed by atoms with Crippen LogP contribution in [0.4, 0.5) is 11.9 Å². The zero-order valence-corrected chi connectivity index (χ0v) is 72.0. The van der Waals surface area contributed by atoms with E-state index in [0.717, 1.165) is 140 Å². The van der Waals surface area contributed by atoms with E-state index in [1.54, 1.807) is 6.92 Å². The summed E-state index contributed by atoms with van der Waals surface area (Å²) in [6, 6.07) is 147. The summed E-state index contributed by atoms with van der Waals surface area (Å²) in [4.78, 5) is 57.6. The lowest BCUT2D eigenvalue weighted by Crippen LogP contribution is -2.03. The van der Waals surface area contributed by atoms with Crippen molar-refractivity contribution in [3.63, 3.8) is 0 Å². The first-order valence-corrected chi connectivity index (χ1v) is 42.2. The molecule has 20 rings (SSSR count). The van der Waals surface area contributed by atoms with E-state index in [1.165, 1.54) is 16.7 Å². The molecule has 0 fully saturated rings. The molecule has 0 saturated heterocycles. The highest BCUT2D eigenvalue weighted by Gasteiger charge is 2.17. The van der Waals surface area contributed by atoms with Gasteiger partial charge in [-0.25, -0.2) is 44.9 Å². The number of anilines is 2. The Bertz CT molecular complexity index is 5920. The van der Waals surface area contributed by atoms with Crippen LogP contribution in [0.2, 0.25) is 0 Å². The number of rotatable bonds is 14. The van der Waals surface area contributed by atoms with Crippen molar-refractivity contribution in [2.45, 2.75) is 41.5 Å². The fourth-order valence-electron chi connectivity index (χ4n) is 14.4. The molecule has 0 aliphatic carbocycles. The number of nitrogens with two attached hydrogens (primary N) is 2. The Kier molecular flexibility index (Phi) is 28.7. The van der Waals surface area contributed by atoms with Crippen molar-refractivity contribution in [2.75, 3.05) is 11.5 Å². The number of aromatic nitrogens is 13. The van der Waals surface area contributed by atoms with Gasteiger partial charge in [-0.3, -0.25) is 4.98 Å². The summed E-state index contributed by atoms with van der Waals surface area (Å²) in [5.41, 5.74) is 38.8. The van der Waals surface area contributed by atoms with E-state index in [4.69, 9.17) is 31.4 Å². The van der Waals surface area contributed by atoms with Crippen LogP contribution in [-0.2, 0) is 0 Å². The maximum Gasteiger partial charge on any atom is 0.225 e. The summed E-state index contributed by atoms with van der Waals surface area (Å²) >= 11 is 0. The zero-order valence-electron chi connectivity index (χ0n) is 72.0. The third-order valence-electron chi connectivity index (χ3n) is 20.4. The summed E-state index contributed by atoms with van der Waals surface area (Å²) in [6.07, 6.45) is 0. The van der Waals surface area contributed by atoms with Gasteiger partial charge in [0, 0.05) is 55.8 Å². The second-order valence-corrected chi connectivity index (χ2v) is 30.1. The van der Waals surface area contributed by atoms with Crippen LogP contribution in [0.5, 0.6) is 0 Å². The van der Waals surface area contributed by atoms with Gasteiger partial charge in [-0.15, -0.1) is 0 Å². The molecule has 0 saturated carbocycles. The third-order valence-corrected chi connectivity index (χ3v) is 20.4. The predicted octanol–water partition coefficient (Wildman–Crippen LogP) is 26.6. The maximum absolute atomic E-state index is 5.22. The minimum atomic E-state index is 0.167. The van der Waals surface area contributed by atoms with Crippen LogP contribution in [-0.4, -0.2) is 64.8 Å². The van der Waals surface area contributed by atoms with E-state index in [1.807, 2.05) is 216 Å². The second-order valence-electron chi connectivity index (χ2n) is 30.1. The maximum atomic E-state index is 5.22.